The molecule has 1 amide bonds. The van der Waals surface area contributed by atoms with Gasteiger partial charge in [0.15, 0.2) is 0 Å². The third-order valence-electron chi connectivity index (χ3n) is 6.63. The summed E-state index contributed by atoms with van der Waals surface area (Å²) in [6.45, 7) is 2.62. The molecule has 1 heterocycles. The Morgan fingerprint density at radius 3 is 2.33 bits per heavy atom. The lowest BCUT2D eigenvalue weighted by Crippen LogP contribution is -2.23. The van der Waals surface area contributed by atoms with Crippen LogP contribution in [-0.2, 0) is 16.6 Å². The molecule has 1 atom stereocenters. The summed E-state index contributed by atoms with van der Waals surface area (Å²) in [5.74, 6) is -0.812. The Labute approximate surface area is 193 Å². The number of hydrogen-bond donors (Lipinski definition) is 1. The molecule has 1 N–H and O–H groups in total. The fraction of sp³-hybridized carbons (Fsp3) is 0.286. The van der Waals surface area contributed by atoms with Gasteiger partial charge in [0, 0.05) is 29.8 Å². The molecular weight excluding hydrogens is 418 g/mol. The summed E-state index contributed by atoms with van der Waals surface area (Å²) in [4.78, 5) is 16.5. The molecule has 0 aliphatic heterocycles. The van der Waals surface area contributed by atoms with Gasteiger partial charge in [-0.2, -0.15) is 0 Å². The van der Waals surface area contributed by atoms with Crippen LogP contribution in [0.25, 0.3) is 0 Å². The van der Waals surface area contributed by atoms with Gasteiger partial charge in [0.05, 0.1) is 0 Å². The predicted molar refractivity (Wildman–Crippen MR) is 126 cm³/mol. The molecule has 170 valence electrons. The minimum Gasteiger partial charge on any atom is -0.353 e. The number of nitrogens with one attached hydrogen (secondary N) is 1. The normalized spacial score (nSPS) is 18.9. The predicted octanol–water partition coefficient (Wildman–Crippen LogP) is 5.75. The van der Waals surface area contributed by atoms with Gasteiger partial charge in [0.1, 0.15) is 11.6 Å². The number of carbonyl (C=O) groups excluding carboxylic acids is 1. The van der Waals surface area contributed by atoms with Crippen molar-refractivity contribution in [2.75, 3.05) is 6.54 Å². The van der Waals surface area contributed by atoms with Gasteiger partial charge in [-0.15, -0.1) is 0 Å². The van der Waals surface area contributed by atoms with E-state index in [1.54, 1.807) is 24.4 Å². The first-order chi connectivity index (χ1) is 15.9. The molecule has 1 aliphatic carbocycles. The van der Waals surface area contributed by atoms with Crippen molar-refractivity contribution in [3.63, 3.8) is 0 Å². The molecule has 0 unspecified atom stereocenters. The zero-order valence-corrected chi connectivity index (χ0v) is 18.7. The fourth-order valence-electron chi connectivity index (χ4n) is 4.78. The highest BCUT2D eigenvalue weighted by molar-refractivity contribution is 5.87. The molecule has 3 aromatic rings. The highest BCUT2D eigenvalue weighted by atomic mass is 19.1. The van der Waals surface area contributed by atoms with Crippen LogP contribution in [-0.4, -0.2) is 17.4 Å². The number of pyridine rings is 1. The van der Waals surface area contributed by atoms with Crippen LogP contribution in [0.15, 0.2) is 85.2 Å². The Morgan fingerprint density at radius 1 is 1.03 bits per heavy atom. The second-order valence-corrected chi connectivity index (χ2v) is 8.96. The first-order valence-electron chi connectivity index (χ1n) is 11.3. The van der Waals surface area contributed by atoms with Gasteiger partial charge in [-0.05, 0) is 78.8 Å². The Kier molecular flexibility index (Phi) is 6.68. The highest BCUT2D eigenvalue weighted by Gasteiger charge is 2.64. The maximum Gasteiger partial charge on any atom is 0.243 e. The van der Waals surface area contributed by atoms with E-state index in [1.807, 2.05) is 43.5 Å². The smallest absolute Gasteiger partial charge is 0.243 e. The Hall–Kier alpha value is -3.34. The van der Waals surface area contributed by atoms with E-state index in [4.69, 9.17) is 0 Å². The number of benzene rings is 2. The standard InChI is InChI=1S/C28H28F2N2O/c1-27(14-13-26(33)32-16-3-2-7-21-8-6-15-31-19-21)20-28(27,22-9-4-11-24(29)17-22)23-10-5-12-25(30)18-23/h4-6,8-15,17-19H,2-3,7,16,20H2,1H3,(H,32,33)/t27-/m1/s1. The summed E-state index contributed by atoms with van der Waals surface area (Å²) >= 11 is 0. The molecule has 5 heteroatoms. The van der Waals surface area contributed by atoms with Gasteiger partial charge in [0.25, 0.3) is 0 Å². The van der Waals surface area contributed by atoms with E-state index < -0.39 is 10.8 Å². The van der Waals surface area contributed by atoms with Gasteiger partial charge < -0.3 is 5.32 Å². The van der Waals surface area contributed by atoms with Gasteiger partial charge in [-0.1, -0.05) is 43.3 Å². The van der Waals surface area contributed by atoms with Crippen LogP contribution < -0.4 is 5.32 Å². The van der Waals surface area contributed by atoms with Crippen molar-refractivity contribution in [2.45, 2.75) is 38.0 Å². The first-order valence-corrected chi connectivity index (χ1v) is 11.3. The van der Waals surface area contributed by atoms with E-state index in [-0.39, 0.29) is 17.5 Å². The van der Waals surface area contributed by atoms with Crippen LogP contribution in [0.1, 0.15) is 42.9 Å². The van der Waals surface area contributed by atoms with E-state index in [9.17, 15) is 13.6 Å². The largest absolute Gasteiger partial charge is 0.353 e. The number of aryl methyl sites for hydroxylation is 1. The van der Waals surface area contributed by atoms with Crippen LogP contribution in [0.2, 0.25) is 0 Å². The molecule has 0 radical (unpaired) electrons. The van der Waals surface area contributed by atoms with Crippen LogP contribution in [0.5, 0.6) is 0 Å². The second kappa shape index (κ2) is 9.65. The lowest BCUT2D eigenvalue weighted by atomic mass is 9.80. The second-order valence-electron chi connectivity index (χ2n) is 8.96. The summed E-state index contributed by atoms with van der Waals surface area (Å²) in [5.41, 5.74) is 1.77. The molecule has 1 aromatic heterocycles. The van der Waals surface area contributed by atoms with Crippen molar-refractivity contribution in [1.82, 2.24) is 10.3 Å². The van der Waals surface area contributed by atoms with Crippen LogP contribution in [0, 0.1) is 17.0 Å². The minimum atomic E-state index is -0.572. The highest BCUT2D eigenvalue weighted by Crippen LogP contribution is 2.69. The minimum absolute atomic E-state index is 0.156. The average molecular weight is 447 g/mol. The zero-order valence-electron chi connectivity index (χ0n) is 18.7. The molecular formula is C28H28F2N2O. The molecule has 4 rings (SSSR count). The summed E-state index contributed by atoms with van der Waals surface area (Å²) in [6.07, 6.45) is 10.5. The number of carbonyl (C=O) groups is 1. The van der Waals surface area contributed by atoms with E-state index in [2.05, 4.69) is 10.3 Å². The first kappa shape index (κ1) is 22.8. The summed E-state index contributed by atoms with van der Waals surface area (Å²) < 4.78 is 28.1. The molecule has 0 spiro atoms. The average Bonchev–Trinajstić information content (AvgIpc) is 3.45. The molecule has 0 saturated heterocycles. The fourth-order valence-corrected chi connectivity index (χ4v) is 4.78. The molecule has 1 fully saturated rings. The maximum atomic E-state index is 14.0. The molecule has 33 heavy (non-hydrogen) atoms. The number of unbranched alkanes of at least 4 members (excludes halogenated alkanes) is 1. The number of nitrogens with zero attached hydrogens (tertiary/aromatic N) is 1. The van der Waals surface area contributed by atoms with Crippen molar-refractivity contribution >= 4 is 5.91 Å². The number of halogens is 2. The van der Waals surface area contributed by atoms with E-state index in [1.165, 1.54) is 29.8 Å². The zero-order chi connectivity index (χ0) is 23.3. The lowest BCUT2D eigenvalue weighted by molar-refractivity contribution is -0.116. The van der Waals surface area contributed by atoms with E-state index in [0.29, 0.717) is 13.0 Å². The molecule has 1 saturated carbocycles. The number of aromatic nitrogens is 1. The Balaban J connectivity index is 1.40. The number of rotatable bonds is 9. The summed E-state index contributed by atoms with van der Waals surface area (Å²) in [5, 5.41) is 2.93. The van der Waals surface area contributed by atoms with Crippen LogP contribution in [0.4, 0.5) is 8.78 Å². The van der Waals surface area contributed by atoms with Gasteiger partial charge in [0.2, 0.25) is 5.91 Å². The number of hydrogen-bond acceptors (Lipinski definition) is 2. The Morgan fingerprint density at radius 2 is 1.73 bits per heavy atom. The molecule has 0 bridgehead atoms. The molecule has 3 nitrogen and oxygen atoms in total. The third kappa shape index (κ3) is 5.03. The number of allylic oxidation sites excluding steroid dienone is 1. The maximum absolute atomic E-state index is 14.0. The third-order valence-corrected chi connectivity index (χ3v) is 6.63. The van der Waals surface area contributed by atoms with Crippen molar-refractivity contribution < 1.29 is 13.6 Å². The van der Waals surface area contributed by atoms with E-state index in [0.717, 1.165) is 30.4 Å². The van der Waals surface area contributed by atoms with Crippen molar-refractivity contribution in [2.24, 2.45) is 5.41 Å². The van der Waals surface area contributed by atoms with Gasteiger partial charge in [-0.25, -0.2) is 8.78 Å². The SMILES string of the molecule is C[C@@]1(C=CC(=O)NCCCCc2cccnc2)CC1(c1cccc(F)c1)c1cccc(F)c1. The number of amides is 1. The Bertz CT molecular complexity index is 1100. The van der Waals surface area contributed by atoms with Crippen molar-refractivity contribution in [3.8, 4) is 0 Å². The van der Waals surface area contributed by atoms with Crippen molar-refractivity contribution in [1.29, 1.82) is 0 Å². The van der Waals surface area contributed by atoms with Gasteiger partial charge >= 0.3 is 0 Å². The summed E-state index contributed by atoms with van der Waals surface area (Å²) in [7, 11) is 0. The monoisotopic (exact) mass is 446 g/mol. The molecule has 2 aromatic carbocycles. The molecule has 1 aliphatic rings. The van der Waals surface area contributed by atoms with Crippen LogP contribution in [0.3, 0.4) is 0 Å². The lowest BCUT2D eigenvalue weighted by Gasteiger charge is -2.23. The quantitative estimate of drug-likeness (QED) is 0.336. The topological polar surface area (TPSA) is 42.0 Å². The van der Waals surface area contributed by atoms with Gasteiger partial charge in [-0.3, -0.25) is 9.78 Å². The van der Waals surface area contributed by atoms with E-state index >= 15 is 0 Å². The van der Waals surface area contributed by atoms with Crippen LogP contribution >= 0.6 is 0 Å². The summed E-state index contributed by atoms with van der Waals surface area (Å²) in [6, 6.07) is 16.9. The van der Waals surface area contributed by atoms with Crippen molar-refractivity contribution in [3.05, 3.63) is 114 Å².